The van der Waals surface area contributed by atoms with Crippen molar-refractivity contribution in [3.8, 4) is 0 Å². The summed E-state index contributed by atoms with van der Waals surface area (Å²) < 4.78 is 0. The third-order valence-corrected chi connectivity index (χ3v) is 3.07. The summed E-state index contributed by atoms with van der Waals surface area (Å²) in [5.74, 6) is 0.0611. The van der Waals surface area contributed by atoms with Crippen molar-refractivity contribution in [2.45, 2.75) is 19.8 Å². The standard InChI is InChI=1S/C14H19N3O2/c1-2-15-9-14(19)16-6-5-10-3-4-12-11(7-10)8-13(18)17-12/h3-4,7,15H,2,5-6,8-9H2,1H3,(H,16,19)(H,17,18). The van der Waals surface area contributed by atoms with Crippen LogP contribution in [-0.2, 0) is 22.4 Å². The van der Waals surface area contributed by atoms with E-state index in [0.29, 0.717) is 19.5 Å². The number of benzene rings is 1. The van der Waals surface area contributed by atoms with Gasteiger partial charge in [-0.15, -0.1) is 0 Å². The van der Waals surface area contributed by atoms with Gasteiger partial charge >= 0.3 is 0 Å². The van der Waals surface area contributed by atoms with Crippen molar-refractivity contribution in [3.05, 3.63) is 29.3 Å². The average molecular weight is 261 g/mol. The lowest BCUT2D eigenvalue weighted by Gasteiger charge is -2.07. The summed E-state index contributed by atoms with van der Waals surface area (Å²) in [6.07, 6.45) is 1.23. The molecule has 0 aromatic heterocycles. The molecule has 102 valence electrons. The molecular weight excluding hydrogens is 242 g/mol. The number of likely N-dealkylation sites (N-methyl/N-ethyl adjacent to an activating group) is 1. The SMILES string of the molecule is CCNCC(=O)NCCc1ccc2c(c1)CC(=O)N2. The molecule has 1 heterocycles. The van der Waals surface area contributed by atoms with E-state index in [1.807, 2.05) is 25.1 Å². The van der Waals surface area contributed by atoms with Crippen molar-refractivity contribution in [1.82, 2.24) is 10.6 Å². The Balaban J connectivity index is 1.79. The third-order valence-electron chi connectivity index (χ3n) is 3.07. The Labute approximate surface area is 112 Å². The lowest BCUT2D eigenvalue weighted by Crippen LogP contribution is -2.34. The highest BCUT2D eigenvalue weighted by molar-refractivity contribution is 5.99. The van der Waals surface area contributed by atoms with E-state index < -0.39 is 0 Å². The minimum atomic E-state index is 0.0138. The predicted octanol–water partition coefficient (Wildman–Crippen LogP) is 0.449. The van der Waals surface area contributed by atoms with Crippen LogP contribution in [0.4, 0.5) is 5.69 Å². The van der Waals surface area contributed by atoms with Gasteiger partial charge in [0.2, 0.25) is 11.8 Å². The fraction of sp³-hybridized carbons (Fsp3) is 0.429. The molecule has 0 fully saturated rings. The van der Waals surface area contributed by atoms with Crippen LogP contribution in [0.1, 0.15) is 18.1 Å². The van der Waals surface area contributed by atoms with E-state index in [1.165, 1.54) is 0 Å². The Morgan fingerprint density at radius 3 is 3.05 bits per heavy atom. The van der Waals surface area contributed by atoms with Gasteiger partial charge in [-0.05, 0) is 30.2 Å². The summed E-state index contributed by atoms with van der Waals surface area (Å²) in [7, 11) is 0. The van der Waals surface area contributed by atoms with Crippen molar-refractivity contribution in [2.75, 3.05) is 25.0 Å². The van der Waals surface area contributed by atoms with E-state index in [1.54, 1.807) is 0 Å². The van der Waals surface area contributed by atoms with Gasteiger partial charge in [-0.2, -0.15) is 0 Å². The monoisotopic (exact) mass is 261 g/mol. The number of hydrogen-bond donors (Lipinski definition) is 3. The minimum absolute atomic E-state index is 0.0138. The number of nitrogens with one attached hydrogen (secondary N) is 3. The highest BCUT2D eigenvalue weighted by Crippen LogP contribution is 2.23. The molecule has 0 bridgehead atoms. The first-order valence-electron chi connectivity index (χ1n) is 6.58. The van der Waals surface area contributed by atoms with Crippen LogP contribution in [0.2, 0.25) is 0 Å². The van der Waals surface area contributed by atoms with Gasteiger partial charge in [-0.1, -0.05) is 19.1 Å². The Morgan fingerprint density at radius 2 is 2.26 bits per heavy atom. The molecule has 2 rings (SSSR count). The molecule has 1 aliphatic rings. The van der Waals surface area contributed by atoms with Gasteiger partial charge in [-0.25, -0.2) is 0 Å². The van der Waals surface area contributed by atoms with E-state index in [-0.39, 0.29) is 11.8 Å². The molecular formula is C14H19N3O2. The van der Waals surface area contributed by atoms with Crippen molar-refractivity contribution < 1.29 is 9.59 Å². The van der Waals surface area contributed by atoms with Crippen LogP contribution in [0.5, 0.6) is 0 Å². The van der Waals surface area contributed by atoms with Crippen molar-refractivity contribution in [2.24, 2.45) is 0 Å². The molecule has 1 aliphatic heterocycles. The molecule has 0 saturated heterocycles. The van der Waals surface area contributed by atoms with Crippen LogP contribution < -0.4 is 16.0 Å². The maximum absolute atomic E-state index is 11.4. The van der Waals surface area contributed by atoms with Gasteiger partial charge in [0.1, 0.15) is 0 Å². The summed E-state index contributed by atoms with van der Waals surface area (Å²) in [6.45, 7) is 3.73. The Kier molecular flexibility index (Phi) is 4.52. The molecule has 0 spiro atoms. The summed E-state index contributed by atoms with van der Waals surface area (Å²) in [6, 6.07) is 5.95. The number of fused-ring (bicyclic) bond motifs is 1. The Bertz CT molecular complexity index is 486. The van der Waals surface area contributed by atoms with E-state index in [4.69, 9.17) is 0 Å². The highest BCUT2D eigenvalue weighted by Gasteiger charge is 2.17. The number of anilines is 1. The predicted molar refractivity (Wildman–Crippen MR) is 74.0 cm³/mol. The summed E-state index contributed by atoms with van der Waals surface area (Å²) >= 11 is 0. The van der Waals surface area contributed by atoms with E-state index >= 15 is 0 Å². The number of carbonyl (C=O) groups is 2. The number of carbonyl (C=O) groups excluding carboxylic acids is 2. The molecule has 1 aromatic rings. The molecule has 0 unspecified atom stereocenters. The molecule has 5 nitrogen and oxygen atoms in total. The second kappa shape index (κ2) is 6.33. The van der Waals surface area contributed by atoms with Crippen molar-refractivity contribution >= 4 is 17.5 Å². The van der Waals surface area contributed by atoms with Gasteiger partial charge in [0.15, 0.2) is 0 Å². The Hall–Kier alpha value is -1.88. The summed E-state index contributed by atoms with van der Waals surface area (Å²) in [4.78, 5) is 22.6. The molecule has 0 radical (unpaired) electrons. The molecule has 2 amide bonds. The van der Waals surface area contributed by atoms with Crippen LogP contribution in [0.3, 0.4) is 0 Å². The zero-order valence-electron chi connectivity index (χ0n) is 11.1. The quantitative estimate of drug-likeness (QED) is 0.696. The van der Waals surface area contributed by atoms with E-state index in [9.17, 15) is 9.59 Å². The maximum Gasteiger partial charge on any atom is 0.233 e. The fourth-order valence-corrected chi connectivity index (χ4v) is 2.09. The first kappa shape index (κ1) is 13.5. The van der Waals surface area contributed by atoms with Crippen LogP contribution in [0, 0.1) is 0 Å². The normalized spacial score (nSPS) is 13.0. The Morgan fingerprint density at radius 1 is 1.42 bits per heavy atom. The van der Waals surface area contributed by atoms with E-state index in [0.717, 1.165) is 29.8 Å². The van der Waals surface area contributed by atoms with Gasteiger partial charge in [0, 0.05) is 12.2 Å². The molecule has 0 saturated carbocycles. The largest absolute Gasteiger partial charge is 0.355 e. The zero-order valence-corrected chi connectivity index (χ0v) is 11.1. The molecule has 0 aliphatic carbocycles. The first-order chi connectivity index (χ1) is 9.19. The van der Waals surface area contributed by atoms with Gasteiger partial charge in [-0.3, -0.25) is 9.59 Å². The zero-order chi connectivity index (χ0) is 13.7. The molecule has 1 aromatic carbocycles. The molecule has 0 atom stereocenters. The number of rotatable bonds is 6. The number of hydrogen-bond acceptors (Lipinski definition) is 3. The third kappa shape index (κ3) is 3.79. The van der Waals surface area contributed by atoms with Crippen molar-refractivity contribution in [3.63, 3.8) is 0 Å². The van der Waals surface area contributed by atoms with Gasteiger partial charge in [0.25, 0.3) is 0 Å². The highest BCUT2D eigenvalue weighted by atomic mass is 16.2. The average Bonchev–Trinajstić information content (AvgIpc) is 2.75. The van der Waals surface area contributed by atoms with Crippen LogP contribution >= 0.6 is 0 Å². The molecule has 3 N–H and O–H groups in total. The van der Waals surface area contributed by atoms with Crippen LogP contribution in [0.15, 0.2) is 18.2 Å². The molecule has 19 heavy (non-hydrogen) atoms. The smallest absolute Gasteiger partial charge is 0.233 e. The van der Waals surface area contributed by atoms with Gasteiger partial charge in [0.05, 0.1) is 13.0 Å². The number of amides is 2. The summed E-state index contributed by atoms with van der Waals surface area (Å²) in [5.41, 5.74) is 3.09. The second-order valence-corrected chi connectivity index (χ2v) is 4.60. The first-order valence-corrected chi connectivity index (χ1v) is 6.58. The van der Waals surface area contributed by atoms with E-state index in [2.05, 4.69) is 16.0 Å². The lowest BCUT2D eigenvalue weighted by atomic mass is 10.1. The second-order valence-electron chi connectivity index (χ2n) is 4.60. The summed E-state index contributed by atoms with van der Waals surface area (Å²) in [5, 5.41) is 8.64. The molecule has 5 heteroatoms. The van der Waals surface area contributed by atoms with Gasteiger partial charge < -0.3 is 16.0 Å². The minimum Gasteiger partial charge on any atom is -0.355 e. The van der Waals surface area contributed by atoms with Crippen LogP contribution in [-0.4, -0.2) is 31.4 Å². The van der Waals surface area contributed by atoms with Crippen LogP contribution in [0.25, 0.3) is 0 Å². The topological polar surface area (TPSA) is 70.2 Å². The fourth-order valence-electron chi connectivity index (χ4n) is 2.09. The maximum atomic E-state index is 11.4. The van der Waals surface area contributed by atoms with Crippen molar-refractivity contribution in [1.29, 1.82) is 0 Å². The lowest BCUT2D eigenvalue weighted by molar-refractivity contribution is -0.120.